The van der Waals surface area contributed by atoms with Gasteiger partial charge in [-0.25, -0.2) is 0 Å². The van der Waals surface area contributed by atoms with Crippen LogP contribution in [-0.4, -0.2) is 18.7 Å². The molecule has 0 spiro atoms. The number of hydrogen-bond acceptors (Lipinski definition) is 4. The molecule has 2 N–H and O–H groups in total. The molecule has 0 amide bonds. The molecular formula is C5H8N2O2. The zero-order valence-corrected chi connectivity index (χ0v) is 4.91. The van der Waals surface area contributed by atoms with Crippen LogP contribution in [0.25, 0.3) is 0 Å². The van der Waals surface area contributed by atoms with Gasteiger partial charge in [-0.2, -0.15) is 0 Å². The summed E-state index contributed by atoms with van der Waals surface area (Å²) >= 11 is 0. The van der Waals surface area contributed by atoms with E-state index in [1.165, 1.54) is 0 Å². The van der Waals surface area contributed by atoms with E-state index >= 15 is 0 Å². The second-order valence-electron chi connectivity index (χ2n) is 2.26. The van der Waals surface area contributed by atoms with Crippen LogP contribution in [0.3, 0.4) is 0 Å². The average Bonchev–Trinajstić information content (AvgIpc) is 2.35. The number of nitrogens with two attached hydrogens (primary N) is 1. The average molecular weight is 128 g/mol. The second kappa shape index (κ2) is 1.60. The molecule has 0 aromatic heterocycles. The molecule has 0 radical (unpaired) electrons. The number of fused-ring (bicyclic) bond motifs is 1. The zero-order chi connectivity index (χ0) is 6.27. The number of hydrogen-bond donors (Lipinski definition) is 1. The standard InChI is InChI=1S/C5H8N2O2/c6-4-3-1-2-8-5(3)9-7-4/h3,5H,1-2H2,(H2,6,7). The van der Waals surface area contributed by atoms with Crippen molar-refractivity contribution < 1.29 is 9.57 Å². The Kier molecular flexibility index (Phi) is 0.900. The third-order valence-electron chi connectivity index (χ3n) is 1.68. The Morgan fingerprint density at radius 3 is 3.33 bits per heavy atom. The number of rotatable bonds is 0. The minimum atomic E-state index is -0.176. The van der Waals surface area contributed by atoms with Gasteiger partial charge in [0.15, 0.2) is 0 Å². The first-order chi connectivity index (χ1) is 4.38. The van der Waals surface area contributed by atoms with Gasteiger partial charge in [0.2, 0.25) is 6.29 Å². The molecule has 4 nitrogen and oxygen atoms in total. The summed E-state index contributed by atoms with van der Waals surface area (Å²) in [5.74, 6) is 0.808. The summed E-state index contributed by atoms with van der Waals surface area (Å²) in [5, 5.41) is 3.59. The molecular weight excluding hydrogens is 120 g/mol. The summed E-state index contributed by atoms with van der Waals surface area (Å²) in [6, 6.07) is 0. The Bertz CT molecular complexity index is 157. The highest BCUT2D eigenvalue weighted by molar-refractivity contribution is 5.83. The molecule has 1 fully saturated rings. The maximum Gasteiger partial charge on any atom is 0.237 e. The Morgan fingerprint density at radius 2 is 2.56 bits per heavy atom. The smallest absolute Gasteiger partial charge is 0.237 e. The lowest BCUT2D eigenvalue weighted by Crippen LogP contribution is -2.23. The lowest BCUT2D eigenvalue weighted by atomic mass is 10.1. The third-order valence-corrected chi connectivity index (χ3v) is 1.68. The molecule has 2 heterocycles. The first-order valence-corrected chi connectivity index (χ1v) is 2.99. The molecule has 2 atom stereocenters. The molecule has 50 valence electrons. The molecule has 1 saturated heterocycles. The van der Waals surface area contributed by atoms with E-state index in [0.29, 0.717) is 5.84 Å². The van der Waals surface area contributed by atoms with E-state index in [4.69, 9.17) is 15.3 Å². The number of oxime groups is 1. The van der Waals surface area contributed by atoms with Crippen molar-refractivity contribution in [2.45, 2.75) is 12.7 Å². The molecule has 0 aliphatic carbocycles. The summed E-state index contributed by atoms with van der Waals surface area (Å²) in [5.41, 5.74) is 5.46. The van der Waals surface area contributed by atoms with Crippen LogP contribution in [0.2, 0.25) is 0 Å². The lowest BCUT2D eigenvalue weighted by molar-refractivity contribution is -0.106. The predicted molar refractivity (Wildman–Crippen MR) is 30.6 cm³/mol. The van der Waals surface area contributed by atoms with Crippen LogP contribution in [0.5, 0.6) is 0 Å². The Morgan fingerprint density at radius 1 is 1.67 bits per heavy atom. The van der Waals surface area contributed by atoms with Gasteiger partial charge in [0.05, 0.1) is 12.5 Å². The highest BCUT2D eigenvalue weighted by Gasteiger charge is 2.37. The Labute approximate surface area is 52.6 Å². The summed E-state index contributed by atoms with van der Waals surface area (Å²) in [7, 11) is 0. The van der Waals surface area contributed by atoms with E-state index in [1.807, 2.05) is 0 Å². The van der Waals surface area contributed by atoms with Crippen molar-refractivity contribution in [1.82, 2.24) is 0 Å². The number of amidine groups is 1. The highest BCUT2D eigenvalue weighted by Crippen LogP contribution is 2.26. The Hall–Kier alpha value is -0.770. The van der Waals surface area contributed by atoms with Crippen molar-refractivity contribution in [2.75, 3.05) is 6.61 Å². The van der Waals surface area contributed by atoms with Gasteiger partial charge in [-0.15, -0.1) is 0 Å². The maximum atomic E-state index is 5.46. The van der Waals surface area contributed by atoms with Crippen molar-refractivity contribution in [3.63, 3.8) is 0 Å². The first kappa shape index (κ1) is 5.05. The van der Waals surface area contributed by atoms with Crippen molar-refractivity contribution in [3.05, 3.63) is 0 Å². The molecule has 2 aliphatic heterocycles. The second-order valence-corrected chi connectivity index (χ2v) is 2.26. The van der Waals surface area contributed by atoms with Crippen molar-refractivity contribution in [3.8, 4) is 0 Å². The van der Waals surface area contributed by atoms with Crippen molar-refractivity contribution in [2.24, 2.45) is 16.8 Å². The Balaban J connectivity index is 2.16. The monoisotopic (exact) mass is 128 g/mol. The van der Waals surface area contributed by atoms with Crippen LogP contribution in [0.4, 0.5) is 0 Å². The quantitative estimate of drug-likeness (QED) is 0.485. The molecule has 2 rings (SSSR count). The number of nitrogens with zero attached hydrogens (tertiary/aromatic N) is 1. The molecule has 2 unspecified atom stereocenters. The van der Waals surface area contributed by atoms with Crippen LogP contribution < -0.4 is 5.73 Å². The van der Waals surface area contributed by atoms with E-state index in [-0.39, 0.29) is 12.2 Å². The van der Waals surface area contributed by atoms with Crippen molar-refractivity contribution >= 4 is 5.84 Å². The van der Waals surface area contributed by atoms with Gasteiger partial charge in [-0.1, -0.05) is 5.16 Å². The number of ether oxygens (including phenoxy) is 1. The fourth-order valence-corrected chi connectivity index (χ4v) is 1.14. The van der Waals surface area contributed by atoms with Crippen molar-refractivity contribution in [1.29, 1.82) is 0 Å². The molecule has 4 heteroatoms. The molecule has 0 bridgehead atoms. The predicted octanol–water partition coefficient (Wildman–Crippen LogP) is -0.349. The summed E-state index contributed by atoms with van der Waals surface area (Å²) in [4.78, 5) is 4.83. The van der Waals surface area contributed by atoms with Gasteiger partial charge in [0.25, 0.3) is 0 Å². The van der Waals surface area contributed by atoms with Crippen LogP contribution in [-0.2, 0) is 9.57 Å². The summed E-state index contributed by atoms with van der Waals surface area (Å²) in [6.45, 7) is 0.742. The fraction of sp³-hybridized carbons (Fsp3) is 0.800. The lowest BCUT2D eigenvalue weighted by Gasteiger charge is -2.03. The van der Waals surface area contributed by atoms with Gasteiger partial charge < -0.3 is 15.3 Å². The zero-order valence-electron chi connectivity index (χ0n) is 4.91. The van der Waals surface area contributed by atoms with Crippen LogP contribution in [0.15, 0.2) is 5.16 Å². The maximum absolute atomic E-state index is 5.46. The third kappa shape index (κ3) is 0.595. The normalized spacial score (nSPS) is 39.8. The van der Waals surface area contributed by atoms with Gasteiger partial charge in [-0.05, 0) is 6.42 Å². The van der Waals surface area contributed by atoms with Gasteiger partial charge in [0.1, 0.15) is 5.84 Å². The van der Waals surface area contributed by atoms with Crippen LogP contribution >= 0.6 is 0 Å². The summed E-state index contributed by atoms with van der Waals surface area (Å²) in [6.07, 6.45) is 0.769. The van der Waals surface area contributed by atoms with E-state index in [0.717, 1.165) is 13.0 Å². The molecule has 9 heavy (non-hydrogen) atoms. The summed E-state index contributed by atoms with van der Waals surface area (Å²) < 4.78 is 5.13. The minimum absolute atomic E-state index is 0.176. The topological polar surface area (TPSA) is 56.8 Å². The minimum Gasteiger partial charge on any atom is -0.384 e. The van der Waals surface area contributed by atoms with E-state index in [1.54, 1.807) is 0 Å². The van der Waals surface area contributed by atoms with Gasteiger partial charge in [-0.3, -0.25) is 0 Å². The first-order valence-electron chi connectivity index (χ1n) is 2.99. The molecule has 0 aromatic rings. The van der Waals surface area contributed by atoms with Crippen LogP contribution in [0, 0.1) is 5.92 Å². The van der Waals surface area contributed by atoms with E-state index < -0.39 is 0 Å². The SMILES string of the molecule is NC1=NOC2OCCC12. The van der Waals surface area contributed by atoms with E-state index in [2.05, 4.69) is 5.16 Å². The van der Waals surface area contributed by atoms with Gasteiger partial charge in [0, 0.05) is 0 Å². The largest absolute Gasteiger partial charge is 0.384 e. The van der Waals surface area contributed by atoms with Crippen LogP contribution in [0.1, 0.15) is 6.42 Å². The van der Waals surface area contributed by atoms with Gasteiger partial charge >= 0.3 is 0 Å². The van der Waals surface area contributed by atoms with E-state index in [9.17, 15) is 0 Å². The fourth-order valence-electron chi connectivity index (χ4n) is 1.14. The highest BCUT2D eigenvalue weighted by atomic mass is 16.8. The molecule has 2 aliphatic rings. The molecule has 0 saturated carbocycles. The molecule has 0 aromatic carbocycles.